The van der Waals surface area contributed by atoms with Gasteiger partial charge in [0.1, 0.15) is 17.3 Å². The Bertz CT molecular complexity index is 729. The second-order valence-corrected chi connectivity index (χ2v) is 6.69. The number of ether oxygens (including phenoxy) is 1. The van der Waals surface area contributed by atoms with Crippen LogP contribution >= 0.6 is 11.3 Å². The van der Waals surface area contributed by atoms with E-state index in [1.54, 1.807) is 19.1 Å². The molecule has 0 saturated carbocycles. The van der Waals surface area contributed by atoms with E-state index >= 15 is 0 Å². The number of amides is 1. The third kappa shape index (κ3) is 6.72. The highest BCUT2D eigenvalue weighted by Gasteiger charge is 2.27. The van der Waals surface area contributed by atoms with E-state index in [1.165, 1.54) is 23.5 Å². The largest absolute Gasteiger partial charge is 0.411 e. The maximum absolute atomic E-state index is 12.9. The number of nitrogens with zero attached hydrogens (tertiary/aromatic N) is 1. The summed E-state index contributed by atoms with van der Waals surface area (Å²) in [6.45, 7) is 0.548. The monoisotopic (exact) mass is 390 g/mol. The van der Waals surface area contributed by atoms with E-state index in [0.717, 1.165) is 10.6 Å². The molecule has 142 valence electrons. The van der Waals surface area contributed by atoms with Crippen LogP contribution in [-0.2, 0) is 11.2 Å². The maximum atomic E-state index is 12.9. The van der Waals surface area contributed by atoms with E-state index in [-0.39, 0.29) is 31.3 Å². The van der Waals surface area contributed by atoms with E-state index in [9.17, 15) is 22.4 Å². The van der Waals surface area contributed by atoms with E-state index < -0.39 is 12.8 Å². The Hall–Kier alpha value is -2.00. The fraction of sp³-hybridized carbons (Fsp3) is 0.412. The van der Waals surface area contributed by atoms with Gasteiger partial charge in [0.15, 0.2) is 0 Å². The molecule has 0 aliphatic carbocycles. The molecule has 0 bridgehead atoms. The molecule has 9 heteroatoms. The Kier molecular flexibility index (Phi) is 7.10. The number of aromatic nitrogens is 1. The summed E-state index contributed by atoms with van der Waals surface area (Å²) >= 11 is 1.24. The number of carbonyl (C=O) groups excluding carboxylic acids is 1. The van der Waals surface area contributed by atoms with Gasteiger partial charge in [0, 0.05) is 19.6 Å². The minimum atomic E-state index is -4.34. The average Bonchev–Trinajstić information content (AvgIpc) is 2.92. The normalized spacial score (nSPS) is 11.6. The molecule has 4 nitrogen and oxygen atoms in total. The highest BCUT2D eigenvalue weighted by Crippen LogP contribution is 2.21. The average molecular weight is 390 g/mol. The Morgan fingerprint density at radius 3 is 2.62 bits per heavy atom. The van der Waals surface area contributed by atoms with Crippen molar-refractivity contribution in [3.8, 4) is 0 Å². The fourth-order valence-electron chi connectivity index (χ4n) is 2.16. The third-order valence-electron chi connectivity index (χ3n) is 3.33. The van der Waals surface area contributed by atoms with Gasteiger partial charge in [-0.3, -0.25) is 4.79 Å². The van der Waals surface area contributed by atoms with Crippen LogP contribution in [0.3, 0.4) is 0 Å². The number of aryl methyl sites for hydroxylation is 1. The van der Waals surface area contributed by atoms with Gasteiger partial charge in [-0.15, -0.1) is 11.3 Å². The lowest BCUT2D eigenvalue weighted by molar-refractivity contribution is -0.173. The second-order valence-electron chi connectivity index (χ2n) is 5.60. The zero-order valence-electron chi connectivity index (χ0n) is 14.0. The van der Waals surface area contributed by atoms with Crippen molar-refractivity contribution < 1.29 is 27.1 Å². The first kappa shape index (κ1) is 20.3. The van der Waals surface area contributed by atoms with E-state index in [2.05, 4.69) is 15.0 Å². The molecule has 1 heterocycles. The summed E-state index contributed by atoms with van der Waals surface area (Å²) in [7, 11) is 0. The van der Waals surface area contributed by atoms with Crippen molar-refractivity contribution >= 4 is 17.2 Å². The minimum Gasteiger partial charge on any atom is -0.372 e. The number of alkyl halides is 3. The maximum Gasteiger partial charge on any atom is 0.411 e. The minimum absolute atomic E-state index is 0.0860. The molecule has 0 unspecified atom stereocenters. The van der Waals surface area contributed by atoms with Gasteiger partial charge in [-0.05, 0) is 31.0 Å². The van der Waals surface area contributed by atoms with Gasteiger partial charge in [-0.1, -0.05) is 12.1 Å². The smallest absolute Gasteiger partial charge is 0.372 e. The standard InChI is InChI=1S/C17H18F4N2O2S/c1-11-15(16(24)22-7-2-8-25-10-17(19,20)21)26-14(23-11)9-12-3-5-13(18)6-4-12/h3-6H,2,7-10H2,1H3,(H,22,24). The molecule has 2 aromatic rings. The van der Waals surface area contributed by atoms with Crippen LogP contribution in [0, 0.1) is 12.7 Å². The number of carbonyl (C=O) groups is 1. The summed E-state index contributed by atoms with van der Waals surface area (Å²) in [6, 6.07) is 6.05. The molecule has 0 aliphatic heterocycles. The fourth-order valence-corrected chi connectivity index (χ4v) is 3.18. The molecule has 1 N–H and O–H groups in total. The topological polar surface area (TPSA) is 51.2 Å². The first-order valence-electron chi connectivity index (χ1n) is 7.88. The predicted octanol–water partition coefficient (Wildman–Crippen LogP) is 3.88. The molecule has 0 saturated heterocycles. The summed E-state index contributed by atoms with van der Waals surface area (Å²) in [5.74, 6) is -0.635. The van der Waals surface area contributed by atoms with Crippen LogP contribution in [0.1, 0.15) is 32.4 Å². The van der Waals surface area contributed by atoms with Crippen molar-refractivity contribution in [2.24, 2.45) is 0 Å². The molecule has 26 heavy (non-hydrogen) atoms. The van der Waals surface area contributed by atoms with Crippen LogP contribution in [-0.4, -0.2) is 36.8 Å². The number of hydrogen-bond acceptors (Lipinski definition) is 4. The Morgan fingerprint density at radius 2 is 1.96 bits per heavy atom. The first-order valence-corrected chi connectivity index (χ1v) is 8.69. The van der Waals surface area contributed by atoms with Crippen molar-refractivity contribution in [1.82, 2.24) is 10.3 Å². The van der Waals surface area contributed by atoms with Gasteiger partial charge in [0.05, 0.1) is 10.7 Å². The zero-order chi connectivity index (χ0) is 19.2. The van der Waals surface area contributed by atoms with Gasteiger partial charge in [0.25, 0.3) is 5.91 Å². The quantitative estimate of drug-likeness (QED) is 0.550. The Labute approximate surface area is 152 Å². The van der Waals surface area contributed by atoms with Crippen molar-refractivity contribution in [3.05, 3.63) is 51.2 Å². The Morgan fingerprint density at radius 1 is 1.27 bits per heavy atom. The molecule has 1 aromatic carbocycles. The molecule has 0 radical (unpaired) electrons. The van der Waals surface area contributed by atoms with Crippen molar-refractivity contribution in [3.63, 3.8) is 0 Å². The SMILES string of the molecule is Cc1nc(Cc2ccc(F)cc2)sc1C(=O)NCCCOCC(F)(F)F. The van der Waals surface area contributed by atoms with Crippen LogP contribution in [0.5, 0.6) is 0 Å². The molecular weight excluding hydrogens is 372 g/mol. The molecule has 0 atom stereocenters. The molecule has 0 aliphatic rings. The molecule has 0 spiro atoms. The van der Waals surface area contributed by atoms with Crippen LogP contribution in [0.2, 0.25) is 0 Å². The third-order valence-corrected chi connectivity index (χ3v) is 4.49. The Balaban J connectivity index is 1.80. The number of nitrogens with one attached hydrogen (secondary N) is 1. The van der Waals surface area contributed by atoms with Gasteiger partial charge >= 0.3 is 6.18 Å². The van der Waals surface area contributed by atoms with E-state index in [0.29, 0.717) is 17.0 Å². The van der Waals surface area contributed by atoms with E-state index in [1.807, 2.05) is 0 Å². The highest BCUT2D eigenvalue weighted by molar-refractivity contribution is 7.13. The summed E-state index contributed by atoms with van der Waals surface area (Å²) < 4.78 is 53.2. The van der Waals surface area contributed by atoms with Crippen LogP contribution in [0.4, 0.5) is 17.6 Å². The number of rotatable bonds is 8. The molecular formula is C17H18F4N2O2S. The number of hydrogen-bond donors (Lipinski definition) is 1. The van der Waals surface area contributed by atoms with E-state index in [4.69, 9.17) is 0 Å². The van der Waals surface area contributed by atoms with Crippen molar-refractivity contribution in [2.75, 3.05) is 19.8 Å². The number of benzene rings is 1. The zero-order valence-corrected chi connectivity index (χ0v) is 14.8. The summed E-state index contributed by atoms with van der Waals surface area (Å²) in [6.07, 6.45) is -3.57. The van der Waals surface area contributed by atoms with Gasteiger partial charge in [0.2, 0.25) is 0 Å². The number of thiazole rings is 1. The van der Waals surface area contributed by atoms with Gasteiger partial charge in [-0.25, -0.2) is 9.37 Å². The molecule has 0 fully saturated rings. The van der Waals surface area contributed by atoms with Crippen LogP contribution in [0.15, 0.2) is 24.3 Å². The molecule has 1 aromatic heterocycles. The summed E-state index contributed by atoms with van der Waals surface area (Å²) in [5, 5.41) is 3.37. The molecule has 1 amide bonds. The van der Waals surface area contributed by atoms with Crippen LogP contribution < -0.4 is 5.32 Å². The second kappa shape index (κ2) is 9.09. The lowest BCUT2D eigenvalue weighted by Crippen LogP contribution is -2.25. The summed E-state index contributed by atoms with van der Waals surface area (Å²) in [5.41, 5.74) is 1.46. The first-order chi connectivity index (χ1) is 12.2. The predicted molar refractivity (Wildman–Crippen MR) is 89.9 cm³/mol. The molecule has 2 rings (SSSR count). The van der Waals surface area contributed by atoms with Gasteiger partial charge < -0.3 is 10.1 Å². The van der Waals surface area contributed by atoms with Crippen molar-refractivity contribution in [1.29, 1.82) is 0 Å². The van der Waals surface area contributed by atoms with Gasteiger partial charge in [-0.2, -0.15) is 13.2 Å². The van der Waals surface area contributed by atoms with Crippen LogP contribution in [0.25, 0.3) is 0 Å². The van der Waals surface area contributed by atoms with Crippen molar-refractivity contribution in [2.45, 2.75) is 25.9 Å². The summed E-state index contributed by atoms with van der Waals surface area (Å²) in [4.78, 5) is 17.0. The lowest BCUT2D eigenvalue weighted by Gasteiger charge is -2.08. The lowest BCUT2D eigenvalue weighted by atomic mass is 10.1. The number of halogens is 4. The highest BCUT2D eigenvalue weighted by atomic mass is 32.1.